The average molecular weight is 573 g/mol. The number of rotatable bonds is 6. The van der Waals surface area contributed by atoms with Gasteiger partial charge in [0.2, 0.25) is 17.7 Å². The lowest BCUT2D eigenvalue weighted by atomic mass is 9.95. The van der Waals surface area contributed by atoms with Crippen molar-refractivity contribution < 1.29 is 9.53 Å². The highest BCUT2D eigenvalue weighted by Gasteiger charge is 2.35. The zero-order valence-electron chi connectivity index (χ0n) is 24.3. The Morgan fingerprint density at radius 3 is 2.67 bits per heavy atom. The number of aromatic nitrogens is 3. The van der Waals surface area contributed by atoms with Crippen molar-refractivity contribution in [3.8, 4) is 23.9 Å². The third kappa shape index (κ3) is 5.02. The molecule has 0 unspecified atom stereocenters. The summed E-state index contributed by atoms with van der Waals surface area (Å²) in [6, 6.07) is 18.7. The summed E-state index contributed by atoms with van der Waals surface area (Å²) < 4.78 is 7.83. The van der Waals surface area contributed by atoms with Gasteiger partial charge in [0.15, 0.2) is 0 Å². The Morgan fingerprint density at radius 1 is 1.14 bits per heavy atom. The van der Waals surface area contributed by atoms with Gasteiger partial charge in [0.1, 0.15) is 11.6 Å². The van der Waals surface area contributed by atoms with E-state index in [1.165, 1.54) is 22.4 Å². The van der Waals surface area contributed by atoms with Gasteiger partial charge in [0.25, 0.3) is 0 Å². The summed E-state index contributed by atoms with van der Waals surface area (Å²) in [5, 5.41) is 26.7. The van der Waals surface area contributed by atoms with Crippen molar-refractivity contribution >= 4 is 28.1 Å². The van der Waals surface area contributed by atoms with E-state index < -0.39 is 0 Å². The van der Waals surface area contributed by atoms with Crippen molar-refractivity contribution in [2.45, 2.75) is 32.4 Å². The molecule has 2 aromatic heterocycles. The zero-order valence-corrected chi connectivity index (χ0v) is 24.3. The predicted octanol–water partition coefficient (Wildman–Crippen LogP) is 4.62. The molecule has 0 bridgehead atoms. The van der Waals surface area contributed by atoms with Gasteiger partial charge in [0, 0.05) is 55.9 Å². The van der Waals surface area contributed by atoms with Crippen LogP contribution in [-0.4, -0.2) is 57.8 Å². The van der Waals surface area contributed by atoms with Crippen LogP contribution in [0.5, 0.6) is 11.8 Å². The van der Waals surface area contributed by atoms with E-state index in [9.17, 15) is 15.3 Å². The normalized spacial score (nSPS) is 16.4. The first-order valence-corrected chi connectivity index (χ1v) is 14.3. The second-order valence-corrected chi connectivity index (χ2v) is 10.9. The molecule has 0 spiro atoms. The highest BCUT2D eigenvalue weighted by atomic mass is 16.5. The number of hydrogen-bond acceptors (Lipinski definition) is 8. The number of hydrogen-bond donors (Lipinski definition) is 0. The Morgan fingerprint density at radius 2 is 1.95 bits per heavy atom. The lowest BCUT2D eigenvalue weighted by Crippen LogP contribution is -2.55. The average Bonchev–Trinajstić information content (AvgIpc) is 3.43. The fraction of sp³-hybridized carbons (Fsp3) is 0.303. The van der Waals surface area contributed by atoms with Gasteiger partial charge in [-0.15, -0.1) is 0 Å². The van der Waals surface area contributed by atoms with E-state index in [1.807, 2.05) is 0 Å². The number of aryl methyl sites for hydroxylation is 2. The number of fused-ring (bicyclic) bond motifs is 2. The summed E-state index contributed by atoms with van der Waals surface area (Å²) in [6.45, 7) is 8.39. The number of carbonyl (C=O) groups is 1. The van der Waals surface area contributed by atoms with Gasteiger partial charge < -0.3 is 19.4 Å². The Balaban J connectivity index is 1.45. The number of carbonyl (C=O) groups excluding carboxylic acids is 1. The molecule has 0 saturated carbocycles. The number of anilines is 2. The van der Waals surface area contributed by atoms with Crippen LogP contribution in [0.25, 0.3) is 10.8 Å². The van der Waals surface area contributed by atoms with E-state index in [2.05, 4.69) is 76.9 Å². The molecule has 2 aliphatic rings. The van der Waals surface area contributed by atoms with Crippen molar-refractivity contribution in [3.63, 3.8) is 0 Å². The molecule has 2 aromatic carbocycles. The van der Waals surface area contributed by atoms with Gasteiger partial charge >= 0.3 is 0 Å². The first-order valence-electron chi connectivity index (χ1n) is 14.3. The molecular weight excluding hydrogens is 540 g/mol. The standard InChI is InChI=1S/C33H32N8O2/c1-4-29(42)41-18-17-40(20-24(41)11-14-34)32-25-13-16-39(28-10-6-9-23-8-5-7-22(2)31(23)28)21-27(25)37-33(26(32)19-35)43-30-12-15-36-38(30)3/h4-10,12,15,24H,1,11,13,16-18,20-21H2,2-3H3/t24-/m0/s1. The van der Waals surface area contributed by atoms with Gasteiger partial charge in [-0.05, 0) is 36.4 Å². The van der Waals surface area contributed by atoms with Crippen molar-refractivity contribution in [2.75, 3.05) is 36.0 Å². The predicted molar refractivity (Wildman–Crippen MR) is 164 cm³/mol. The Hall–Kier alpha value is -5.35. The Bertz CT molecular complexity index is 1810. The maximum atomic E-state index is 12.6. The lowest BCUT2D eigenvalue weighted by Gasteiger charge is -2.43. The van der Waals surface area contributed by atoms with E-state index in [1.54, 1.807) is 28.9 Å². The number of nitriles is 2. The molecule has 216 valence electrons. The Labute approximate surface area is 250 Å². The summed E-state index contributed by atoms with van der Waals surface area (Å²) in [4.78, 5) is 23.7. The minimum Gasteiger partial charge on any atom is -0.419 e. The van der Waals surface area contributed by atoms with Gasteiger partial charge in [-0.25, -0.2) is 9.67 Å². The first kappa shape index (κ1) is 27.8. The zero-order chi connectivity index (χ0) is 30.1. The highest BCUT2D eigenvalue weighted by Crippen LogP contribution is 2.40. The third-order valence-corrected chi connectivity index (χ3v) is 8.40. The molecule has 0 radical (unpaired) electrons. The third-order valence-electron chi connectivity index (χ3n) is 8.40. The van der Waals surface area contributed by atoms with Crippen LogP contribution in [0.2, 0.25) is 0 Å². The smallest absolute Gasteiger partial charge is 0.246 e. The van der Waals surface area contributed by atoms with Crippen LogP contribution in [-0.2, 0) is 24.8 Å². The summed E-state index contributed by atoms with van der Waals surface area (Å²) in [6.07, 6.45) is 3.78. The molecule has 1 atom stereocenters. The summed E-state index contributed by atoms with van der Waals surface area (Å²) in [7, 11) is 1.77. The summed E-state index contributed by atoms with van der Waals surface area (Å²) in [5.41, 5.74) is 5.31. The van der Waals surface area contributed by atoms with Gasteiger partial charge in [-0.1, -0.05) is 36.9 Å². The molecule has 4 heterocycles. The Kier molecular flexibility index (Phi) is 7.43. The largest absolute Gasteiger partial charge is 0.419 e. The second-order valence-electron chi connectivity index (χ2n) is 10.9. The van der Waals surface area contributed by atoms with Crippen molar-refractivity contribution in [2.24, 2.45) is 7.05 Å². The van der Waals surface area contributed by atoms with Crippen LogP contribution in [0.15, 0.2) is 61.3 Å². The van der Waals surface area contributed by atoms with Crippen LogP contribution in [0, 0.1) is 29.6 Å². The molecular formula is C33H32N8O2. The monoisotopic (exact) mass is 572 g/mol. The molecule has 10 heteroatoms. The van der Waals surface area contributed by atoms with E-state index in [-0.39, 0.29) is 24.2 Å². The number of ether oxygens (including phenoxy) is 1. The van der Waals surface area contributed by atoms with Crippen LogP contribution in [0.4, 0.5) is 11.4 Å². The summed E-state index contributed by atoms with van der Waals surface area (Å²) in [5.74, 6) is 0.492. The fourth-order valence-electron chi connectivity index (χ4n) is 6.34. The number of amides is 1. The van der Waals surface area contributed by atoms with E-state index in [0.717, 1.165) is 29.2 Å². The molecule has 43 heavy (non-hydrogen) atoms. The molecule has 2 aliphatic heterocycles. The number of piperazine rings is 1. The van der Waals surface area contributed by atoms with Crippen LogP contribution in [0.3, 0.4) is 0 Å². The molecule has 1 saturated heterocycles. The molecule has 4 aromatic rings. The lowest BCUT2D eigenvalue weighted by molar-refractivity contribution is -0.128. The fourth-order valence-corrected chi connectivity index (χ4v) is 6.34. The van der Waals surface area contributed by atoms with Gasteiger partial charge in [-0.2, -0.15) is 15.6 Å². The maximum Gasteiger partial charge on any atom is 0.246 e. The van der Waals surface area contributed by atoms with Crippen molar-refractivity contribution in [3.05, 3.63) is 83.7 Å². The van der Waals surface area contributed by atoms with Gasteiger partial charge in [0.05, 0.1) is 42.7 Å². The topological polar surface area (TPSA) is 114 Å². The van der Waals surface area contributed by atoms with Crippen LogP contribution < -0.4 is 14.5 Å². The van der Waals surface area contributed by atoms with Crippen molar-refractivity contribution in [1.29, 1.82) is 10.5 Å². The second kappa shape index (κ2) is 11.5. The van der Waals surface area contributed by atoms with Crippen LogP contribution in [0.1, 0.15) is 28.8 Å². The molecule has 0 N–H and O–H groups in total. The maximum absolute atomic E-state index is 12.6. The van der Waals surface area contributed by atoms with Gasteiger partial charge in [-0.3, -0.25) is 4.79 Å². The molecule has 1 amide bonds. The van der Waals surface area contributed by atoms with E-state index >= 15 is 0 Å². The molecule has 0 aliphatic carbocycles. The molecule has 1 fully saturated rings. The molecule has 10 nitrogen and oxygen atoms in total. The number of benzene rings is 2. The van der Waals surface area contributed by atoms with E-state index in [4.69, 9.17) is 9.72 Å². The summed E-state index contributed by atoms with van der Waals surface area (Å²) >= 11 is 0. The highest BCUT2D eigenvalue weighted by molar-refractivity contribution is 5.97. The van der Waals surface area contributed by atoms with Crippen LogP contribution >= 0.6 is 0 Å². The first-order chi connectivity index (χ1) is 20.9. The molecule has 6 rings (SSSR count). The minimum absolute atomic E-state index is 0.178. The minimum atomic E-state index is -0.334. The van der Waals surface area contributed by atoms with E-state index in [0.29, 0.717) is 44.0 Å². The number of pyridine rings is 1. The SMILES string of the molecule is C=CC(=O)N1CCN(c2c(C#N)c(Oc3ccnn3C)nc3c2CCN(c2cccc4cccc(C)c24)C3)C[C@@H]1CC#N. The van der Waals surface area contributed by atoms with Crippen molar-refractivity contribution in [1.82, 2.24) is 19.7 Å². The quantitative estimate of drug-likeness (QED) is 0.308. The number of nitrogens with zero attached hydrogens (tertiary/aromatic N) is 8.